The van der Waals surface area contributed by atoms with Crippen LogP contribution in [0.1, 0.15) is 38.8 Å². The van der Waals surface area contributed by atoms with Gasteiger partial charge < -0.3 is 20.1 Å². The summed E-state index contributed by atoms with van der Waals surface area (Å²) in [7, 11) is 1.58. The minimum Gasteiger partial charge on any atom is -0.490 e. The number of nitrogens with one attached hydrogen (secondary N) is 2. The van der Waals surface area contributed by atoms with Crippen molar-refractivity contribution in [2.45, 2.75) is 20.1 Å². The lowest BCUT2D eigenvalue weighted by molar-refractivity contribution is 0.0948. The maximum absolute atomic E-state index is 12.6. The highest BCUT2D eigenvalue weighted by Gasteiger charge is 2.12. The first-order valence-electron chi connectivity index (χ1n) is 9.98. The van der Waals surface area contributed by atoms with Gasteiger partial charge in [-0.05, 0) is 48.9 Å². The van der Waals surface area contributed by atoms with Gasteiger partial charge in [-0.15, -0.1) is 0 Å². The third-order valence-electron chi connectivity index (χ3n) is 4.49. The molecule has 1 aromatic heterocycles. The van der Waals surface area contributed by atoms with Gasteiger partial charge in [0.2, 0.25) is 0 Å². The van der Waals surface area contributed by atoms with Crippen molar-refractivity contribution in [3.8, 4) is 11.5 Å². The lowest BCUT2D eigenvalue weighted by Gasteiger charge is -2.13. The monoisotopic (exact) mass is 419 g/mol. The van der Waals surface area contributed by atoms with Crippen molar-refractivity contribution in [3.05, 3.63) is 89.2 Å². The quantitative estimate of drug-likeness (QED) is 0.555. The zero-order valence-corrected chi connectivity index (χ0v) is 17.6. The van der Waals surface area contributed by atoms with Crippen molar-refractivity contribution in [1.82, 2.24) is 15.6 Å². The zero-order chi connectivity index (χ0) is 22.1. The summed E-state index contributed by atoms with van der Waals surface area (Å²) in [5, 5.41) is 5.46. The molecule has 31 heavy (non-hydrogen) atoms. The largest absolute Gasteiger partial charge is 0.490 e. The molecule has 3 rings (SSSR count). The van der Waals surface area contributed by atoms with Crippen LogP contribution in [-0.4, -0.2) is 30.5 Å². The van der Waals surface area contributed by atoms with E-state index in [2.05, 4.69) is 15.6 Å². The molecular formula is C24H25N3O4. The van der Waals surface area contributed by atoms with Gasteiger partial charge in [0.1, 0.15) is 6.61 Å². The van der Waals surface area contributed by atoms with Crippen LogP contribution < -0.4 is 20.1 Å². The zero-order valence-electron chi connectivity index (χ0n) is 17.6. The van der Waals surface area contributed by atoms with Gasteiger partial charge in [0.05, 0.1) is 6.61 Å². The van der Waals surface area contributed by atoms with Crippen LogP contribution in [0.4, 0.5) is 0 Å². The van der Waals surface area contributed by atoms with Gasteiger partial charge in [-0.2, -0.15) is 0 Å². The summed E-state index contributed by atoms with van der Waals surface area (Å²) < 4.78 is 11.5. The topological polar surface area (TPSA) is 89.5 Å². The molecule has 0 aliphatic carbocycles. The molecular weight excluding hydrogens is 394 g/mol. The van der Waals surface area contributed by atoms with Gasteiger partial charge >= 0.3 is 0 Å². The highest BCUT2D eigenvalue weighted by molar-refractivity contribution is 5.95. The Bertz CT molecular complexity index is 1040. The smallest absolute Gasteiger partial charge is 0.251 e. The van der Waals surface area contributed by atoms with Gasteiger partial charge in [-0.25, -0.2) is 0 Å². The van der Waals surface area contributed by atoms with E-state index >= 15 is 0 Å². The molecule has 160 valence electrons. The summed E-state index contributed by atoms with van der Waals surface area (Å²) in [5.74, 6) is 0.641. The van der Waals surface area contributed by atoms with Gasteiger partial charge in [0, 0.05) is 42.7 Å². The Morgan fingerprint density at radius 3 is 2.45 bits per heavy atom. The van der Waals surface area contributed by atoms with Crippen LogP contribution in [0.15, 0.2) is 67.0 Å². The van der Waals surface area contributed by atoms with Crippen molar-refractivity contribution in [3.63, 3.8) is 0 Å². The molecule has 7 heteroatoms. The molecule has 0 spiro atoms. The van der Waals surface area contributed by atoms with Gasteiger partial charge in [-0.3, -0.25) is 14.6 Å². The van der Waals surface area contributed by atoms with Crippen LogP contribution >= 0.6 is 0 Å². The summed E-state index contributed by atoms with van der Waals surface area (Å²) in [6.45, 7) is 2.96. The van der Waals surface area contributed by atoms with Gasteiger partial charge in [0.25, 0.3) is 11.8 Å². The Hall–Kier alpha value is -3.87. The summed E-state index contributed by atoms with van der Waals surface area (Å²) in [6, 6.07) is 16.0. The predicted octanol–water partition coefficient (Wildman–Crippen LogP) is 3.35. The van der Waals surface area contributed by atoms with E-state index in [0.29, 0.717) is 42.4 Å². The first-order valence-corrected chi connectivity index (χ1v) is 9.98. The number of pyridine rings is 1. The van der Waals surface area contributed by atoms with Crippen LogP contribution in [-0.2, 0) is 13.2 Å². The van der Waals surface area contributed by atoms with E-state index in [1.807, 2.05) is 25.1 Å². The van der Waals surface area contributed by atoms with Crippen molar-refractivity contribution in [2.75, 3.05) is 13.7 Å². The molecule has 0 atom stereocenters. The number of rotatable bonds is 9. The SMILES string of the molecule is CCOc1cc(C(=O)NCc2cccc(C(=O)NC)c2)ccc1OCc1cccnc1. The predicted molar refractivity (Wildman–Crippen MR) is 117 cm³/mol. The number of amides is 2. The Kier molecular flexibility index (Phi) is 7.59. The maximum Gasteiger partial charge on any atom is 0.251 e. The molecule has 3 aromatic rings. The summed E-state index contributed by atoms with van der Waals surface area (Å²) >= 11 is 0. The number of carbonyl (C=O) groups excluding carboxylic acids is 2. The summed E-state index contributed by atoms with van der Waals surface area (Å²) in [6.07, 6.45) is 3.44. The number of nitrogens with zero attached hydrogens (tertiary/aromatic N) is 1. The molecule has 0 unspecified atom stereocenters. The molecule has 0 fully saturated rings. The second-order valence-corrected chi connectivity index (χ2v) is 6.71. The average molecular weight is 419 g/mol. The average Bonchev–Trinajstić information content (AvgIpc) is 2.82. The molecule has 0 saturated carbocycles. The lowest BCUT2D eigenvalue weighted by Crippen LogP contribution is -2.23. The minimum atomic E-state index is -0.245. The fraction of sp³-hybridized carbons (Fsp3) is 0.208. The first kappa shape index (κ1) is 21.8. The number of hydrogen-bond acceptors (Lipinski definition) is 5. The molecule has 2 N–H and O–H groups in total. The highest BCUT2D eigenvalue weighted by Crippen LogP contribution is 2.29. The normalized spacial score (nSPS) is 10.3. The van der Waals surface area contributed by atoms with E-state index in [-0.39, 0.29) is 11.8 Å². The summed E-state index contributed by atoms with van der Waals surface area (Å²) in [4.78, 5) is 28.5. The van der Waals surface area contributed by atoms with Crippen molar-refractivity contribution in [1.29, 1.82) is 0 Å². The molecule has 0 bridgehead atoms. The van der Waals surface area contributed by atoms with Crippen LogP contribution in [0.3, 0.4) is 0 Å². The van der Waals surface area contributed by atoms with Crippen molar-refractivity contribution in [2.24, 2.45) is 0 Å². The molecule has 2 amide bonds. The van der Waals surface area contributed by atoms with E-state index in [1.165, 1.54) is 0 Å². The van der Waals surface area contributed by atoms with E-state index in [4.69, 9.17) is 9.47 Å². The fourth-order valence-corrected chi connectivity index (χ4v) is 2.93. The third-order valence-corrected chi connectivity index (χ3v) is 4.49. The number of hydrogen-bond donors (Lipinski definition) is 2. The van der Waals surface area contributed by atoms with Crippen LogP contribution in [0.25, 0.3) is 0 Å². The first-order chi connectivity index (χ1) is 15.1. The fourth-order valence-electron chi connectivity index (χ4n) is 2.93. The molecule has 2 aromatic carbocycles. The molecule has 7 nitrogen and oxygen atoms in total. The molecule has 1 heterocycles. The molecule has 0 saturated heterocycles. The second kappa shape index (κ2) is 10.8. The molecule has 0 aliphatic rings. The lowest BCUT2D eigenvalue weighted by atomic mass is 10.1. The van der Waals surface area contributed by atoms with Gasteiger partial charge in [0.15, 0.2) is 11.5 Å². The van der Waals surface area contributed by atoms with Crippen molar-refractivity contribution < 1.29 is 19.1 Å². The highest BCUT2D eigenvalue weighted by atomic mass is 16.5. The van der Waals surface area contributed by atoms with Crippen LogP contribution in [0, 0.1) is 0 Å². The Balaban J connectivity index is 1.66. The Morgan fingerprint density at radius 2 is 1.71 bits per heavy atom. The van der Waals surface area contributed by atoms with Crippen LogP contribution in [0.2, 0.25) is 0 Å². The third kappa shape index (κ3) is 6.05. The Morgan fingerprint density at radius 1 is 0.903 bits per heavy atom. The number of benzene rings is 2. The van der Waals surface area contributed by atoms with Crippen LogP contribution in [0.5, 0.6) is 11.5 Å². The Labute approximate surface area is 181 Å². The minimum absolute atomic E-state index is 0.170. The number of carbonyl (C=O) groups is 2. The molecule has 0 radical (unpaired) electrons. The second-order valence-electron chi connectivity index (χ2n) is 6.71. The van der Waals surface area contributed by atoms with Gasteiger partial charge in [-0.1, -0.05) is 18.2 Å². The number of ether oxygens (including phenoxy) is 2. The molecule has 0 aliphatic heterocycles. The van der Waals surface area contributed by atoms with E-state index in [1.54, 1.807) is 55.8 Å². The van der Waals surface area contributed by atoms with Crippen molar-refractivity contribution >= 4 is 11.8 Å². The summed E-state index contributed by atoms with van der Waals surface area (Å²) in [5.41, 5.74) is 2.77. The van der Waals surface area contributed by atoms with E-state index in [9.17, 15) is 9.59 Å². The maximum atomic E-state index is 12.6. The number of aromatic nitrogens is 1. The standard InChI is InChI=1S/C24H25N3O4/c1-3-30-22-13-20(9-10-21(22)31-16-18-7-5-11-26-14-18)24(29)27-15-17-6-4-8-19(12-17)23(28)25-2/h4-14H,3,15-16H2,1-2H3,(H,25,28)(H,27,29). The van der Waals surface area contributed by atoms with E-state index in [0.717, 1.165) is 11.1 Å². The van der Waals surface area contributed by atoms with E-state index < -0.39 is 0 Å².